The summed E-state index contributed by atoms with van der Waals surface area (Å²) in [6, 6.07) is 10.1. The number of carbonyl (C=O) groups is 3. The van der Waals surface area contributed by atoms with Gasteiger partial charge in [-0.15, -0.1) is 0 Å². The fourth-order valence-corrected chi connectivity index (χ4v) is 4.19. The quantitative estimate of drug-likeness (QED) is 0.344. The van der Waals surface area contributed by atoms with Gasteiger partial charge in [0.1, 0.15) is 24.2 Å². The van der Waals surface area contributed by atoms with Gasteiger partial charge in [-0.05, 0) is 12.6 Å². The molecule has 0 spiro atoms. The number of aliphatic hydroxyl groups excluding tert-OH is 1. The molecule has 162 valence electrons. The van der Waals surface area contributed by atoms with Crippen molar-refractivity contribution < 1.29 is 39.2 Å². The first-order valence-corrected chi connectivity index (χ1v) is 9.69. The van der Waals surface area contributed by atoms with Crippen LogP contribution in [0.4, 0.5) is 0 Å². The van der Waals surface area contributed by atoms with Crippen LogP contribution >= 0.6 is 0 Å². The number of nitrogens with zero attached hydrogens (tertiary/aromatic N) is 1. The Morgan fingerprint density at radius 2 is 1.63 bits per heavy atom. The molecule has 9 nitrogen and oxygen atoms in total. The Morgan fingerprint density at radius 3 is 2.10 bits per heavy atom. The number of carboxylic acids is 2. The number of piperidine rings is 1. The van der Waals surface area contributed by atoms with Gasteiger partial charge < -0.3 is 24.8 Å². The number of benzene rings is 1. The summed E-state index contributed by atoms with van der Waals surface area (Å²) < 4.78 is 11.4. The van der Waals surface area contributed by atoms with Crippen LogP contribution in [0, 0.1) is 0 Å². The minimum Gasteiger partial charge on any atom is -0.478 e. The maximum absolute atomic E-state index is 12.4. The van der Waals surface area contributed by atoms with E-state index in [4.69, 9.17) is 19.7 Å². The second-order valence-corrected chi connectivity index (χ2v) is 7.55. The average Bonchev–Trinajstić information content (AvgIpc) is 3.47. The highest BCUT2D eigenvalue weighted by molar-refractivity contribution is 5.89. The number of esters is 1. The third-order valence-corrected chi connectivity index (χ3v) is 5.70. The second-order valence-electron chi connectivity index (χ2n) is 7.55. The predicted molar refractivity (Wildman–Crippen MR) is 104 cm³/mol. The first-order chi connectivity index (χ1) is 14.3. The summed E-state index contributed by atoms with van der Waals surface area (Å²) >= 11 is 0. The maximum atomic E-state index is 12.4. The van der Waals surface area contributed by atoms with Gasteiger partial charge in [-0.25, -0.2) is 9.59 Å². The van der Waals surface area contributed by atoms with Crippen molar-refractivity contribution in [3.63, 3.8) is 0 Å². The largest absolute Gasteiger partial charge is 0.478 e. The van der Waals surface area contributed by atoms with Crippen LogP contribution in [0.2, 0.25) is 0 Å². The fourth-order valence-electron chi connectivity index (χ4n) is 4.19. The predicted octanol–water partition coefficient (Wildman–Crippen LogP) is 0.630. The molecule has 1 aromatic rings. The molecule has 1 aromatic carbocycles. The lowest BCUT2D eigenvalue weighted by Gasteiger charge is -2.38. The van der Waals surface area contributed by atoms with Crippen LogP contribution in [0.15, 0.2) is 42.5 Å². The number of carbonyl (C=O) groups excluding carboxylic acids is 1. The smallest absolute Gasteiger partial charge is 0.328 e. The standard InChI is InChI=1S/C17H21NO4.C4H4O4/c1-18-13-7-11(8-14(18)16-15(13)22-16)21-17(20)12(9-19)10-5-3-2-4-6-10;5-3(6)1-2-4(7)8/h2-6,11-16,19H,7-9H2,1H3;1-2H,(H,5,6)(H,7,8)/b;2-1-. The molecular weight excluding hydrogens is 394 g/mol. The summed E-state index contributed by atoms with van der Waals surface area (Å²) in [7, 11) is 2.13. The lowest BCUT2D eigenvalue weighted by atomic mass is 9.97. The number of aliphatic carboxylic acids is 2. The first-order valence-electron chi connectivity index (χ1n) is 9.69. The van der Waals surface area contributed by atoms with Gasteiger partial charge in [0, 0.05) is 37.1 Å². The summed E-state index contributed by atoms with van der Waals surface area (Å²) in [4.78, 5) is 33.9. The lowest BCUT2D eigenvalue weighted by Crippen LogP contribution is -2.48. The molecule has 0 aliphatic carbocycles. The molecule has 4 rings (SSSR count). The summed E-state index contributed by atoms with van der Waals surface area (Å²) in [6.07, 6.45) is 3.38. The van der Waals surface area contributed by atoms with Gasteiger partial charge in [0.15, 0.2) is 0 Å². The van der Waals surface area contributed by atoms with Crippen molar-refractivity contribution >= 4 is 17.9 Å². The van der Waals surface area contributed by atoms with Crippen LogP contribution in [0.25, 0.3) is 0 Å². The van der Waals surface area contributed by atoms with Crippen molar-refractivity contribution in [3.05, 3.63) is 48.0 Å². The van der Waals surface area contributed by atoms with E-state index in [-0.39, 0.29) is 18.7 Å². The number of rotatable bonds is 6. The van der Waals surface area contributed by atoms with E-state index in [1.54, 1.807) is 0 Å². The Kier molecular flexibility index (Phi) is 6.86. The molecule has 3 heterocycles. The van der Waals surface area contributed by atoms with Gasteiger partial charge >= 0.3 is 17.9 Å². The molecule has 0 saturated carbocycles. The highest BCUT2D eigenvalue weighted by Crippen LogP contribution is 2.48. The zero-order valence-electron chi connectivity index (χ0n) is 16.5. The van der Waals surface area contributed by atoms with Gasteiger partial charge in [0.05, 0.1) is 6.61 Å². The first kappa shape index (κ1) is 21.9. The van der Waals surface area contributed by atoms with Crippen LogP contribution in [0.3, 0.4) is 0 Å². The Morgan fingerprint density at radius 1 is 1.10 bits per heavy atom. The minimum atomic E-state index is -1.26. The van der Waals surface area contributed by atoms with E-state index < -0.39 is 17.9 Å². The number of fused-ring (bicyclic) bond motifs is 5. The Hall–Kier alpha value is -2.75. The second kappa shape index (κ2) is 9.38. The van der Waals surface area contributed by atoms with Crippen LogP contribution in [0.5, 0.6) is 0 Å². The average molecular weight is 419 g/mol. The van der Waals surface area contributed by atoms with E-state index in [0.717, 1.165) is 18.4 Å². The molecule has 30 heavy (non-hydrogen) atoms. The number of ether oxygens (including phenoxy) is 2. The van der Waals surface area contributed by atoms with Crippen LogP contribution in [0.1, 0.15) is 24.3 Å². The lowest BCUT2D eigenvalue weighted by molar-refractivity contribution is -0.156. The summed E-state index contributed by atoms with van der Waals surface area (Å²) in [5, 5.41) is 25.2. The molecule has 5 atom stereocenters. The van der Waals surface area contributed by atoms with E-state index in [2.05, 4.69) is 11.9 Å². The third-order valence-electron chi connectivity index (χ3n) is 5.70. The van der Waals surface area contributed by atoms with Crippen molar-refractivity contribution in [2.45, 2.75) is 49.2 Å². The van der Waals surface area contributed by atoms with Gasteiger partial charge in [0.25, 0.3) is 0 Å². The number of epoxide rings is 1. The van der Waals surface area contributed by atoms with Crippen molar-refractivity contribution in [2.24, 2.45) is 0 Å². The number of hydrogen-bond acceptors (Lipinski definition) is 7. The molecule has 3 N–H and O–H groups in total. The van der Waals surface area contributed by atoms with Gasteiger partial charge in [-0.2, -0.15) is 0 Å². The number of morpholine rings is 1. The number of hydrogen-bond donors (Lipinski definition) is 3. The zero-order chi connectivity index (χ0) is 21.8. The van der Waals surface area contributed by atoms with E-state index in [1.807, 2.05) is 30.3 Å². The molecule has 0 amide bonds. The molecule has 3 aliphatic heterocycles. The third kappa shape index (κ3) is 5.05. The van der Waals surface area contributed by atoms with Crippen molar-refractivity contribution in [1.29, 1.82) is 0 Å². The van der Waals surface area contributed by atoms with Crippen LogP contribution < -0.4 is 0 Å². The molecule has 2 bridgehead atoms. The minimum absolute atomic E-state index is 0.0622. The fraction of sp³-hybridized carbons (Fsp3) is 0.476. The van der Waals surface area contributed by atoms with Crippen LogP contribution in [-0.2, 0) is 23.9 Å². The summed E-state index contributed by atoms with van der Waals surface area (Å²) in [5.41, 5.74) is 0.803. The highest BCUT2D eigenvalue weighted by Gasteiger charge is 2.62. The van der Waals surface area contributed by atoms with E-state index in [9.17, 15) is 19.5 Å². The monoisotopic (exact) mass is 419 g/mol. The van der Waals surface area contributed by atoms with E-state index in [0.29, 0.717) is 36.4 Å². The van der Waals surface area contributed by atoms with Crippen molar-refractivity contribution in [1.82, 2.24) is 4.90 Å². The topological polar surface area (TPSA) is 137 Å². The maximum Gasteiger partial charge on any atom is 0.328 e. The van der Waals surface area contributed by atoms with Gasteiger partial charge in [-0.1, -0.05) is 30.3 Å². The Labute approximate surface area is 173 Å². The Bertz CT molecular complexity index is 776. The summed E-state index contributed by atoms with van der Waals surface area (Å²) in [6.45, 7) is -0.226. The molecule has 3 saturated heterocycles. The van der Waals surface area contributed by atoms with E-state index in [1.165, 1.54) is 0 Å². The highest BCUT2D eigenvalue weighted by atomic mass is 16.6. The SMILES string of the molecule is CN1C2CC(OC(=O)C(CO)c3ccccc3)CC1C1OC12.O=C(O)/C=C\C(=O)O. The van der Waals surface area contributed by atoms with Crippen molar-refractivity contribution in [3.8, 4) is 0 Å². The Balaban J connectivity index is 0.000000275. The molecule has 9 heteroatoms. The summed E-state index contributed by atoms with van der Waals surface area (Å²) in [5.74, 6) is -3.43. The molecule has 5 unspecified atom stereocenters. The molecule has 0 aromatic heterocycles. The molecule has 0 radical (unpaired) electrons. The molecule has 3 aliphatic rings. The molecule has 3 fully saturated rings. The van der Waals surface area contributed by atoms with Gasteiger partial charge in [0.2, 0.25) is 0 Å². The van der Waals surface area contributed by atoms with Crippen molar-refractivity contribution in [2.75, 3.05) is 13.7 Å². The number of likely N-dealkylation sites (N-methyl/N-ethyl adjacent to an activating group) is 1. The number of aliphatic hydroxyl groups is 1. The van der Waals surface area contributed by atoms with Gasteiger partial charge in [-0.3, -0.25) is 9.69 Å². The van der Waals surface area contributed by atoms with Crippen LogP contribution in [-0.4, -0.2) is 82.2 Å². The normalized spacial score (nSPS) is 30.0. The number of carboxylic acid groups (broad SMARTS) is 2. The molecular formula is C21H25NO8. The van der Waals surface area contributed by atoms with E-state index >= 15 is 0 Å². The zero-order valence-corrected chi connectivity index (χ0v) is 16.5.